The van der Waals surface area contributed by atoms with E-state index in [-0.39, 0.29) is 41.3 Å². The van der Waals surface area contributed by atoms with Gasteiger partial charge in [-0.15, -0.1) is 0 Å². The summed E-state index contributed by atoms with van der Waals surface area (Å²) in [4.78, 5) is 39.5. The van der Waals surface area contributed by atoms with Gasteiger partial charge in [0.2, 0.25) is 5.88 Å². The lowest BCUT2D eigenvalue weighted by Gasteiger charge is -2.48. The first-order valence-corrected chi connectivity index (χ1v) is 20.5. The average molecular weight is 794 g/mol. The lowest BCUT2D eigenvalue weighted by molar-refractivity contribution is 0.000948. The smallest absolute Gasteiger partial charge is 0.410 e. The van der Waals surface area contributed by atoms with E-state index in [0.29, 0.717) is 53.1 Å². The van der Waals surface area contributed by atoms with Crippen molar-refractivity contribution in [1.29, 1.82) is 0 Å². The first-order valence-electron chi connectivity index (χ1n) is 19.2. The molecule has 0 aliphatic carbocycles. The summed E-state index contributed by atoms with van der Waals surface area (Å²) in [6.07, 6.45) is 2.73. The molecule has 2 saturated heterocycles. The Kier molecular flexibility index (Phi) is 10.3. The molecule has 3 aliphatic heterocycles. The van der Waals surface area contributed by atoms with Crippen molar-refractivity contribution in [2.75, 3.05) is 36.8 Å². The summed E-state index contributed by atoms with van der Waals surface area (Å²) in [5.41, 5.74) is 2.96. The molecule has 0 spiro atoms. The third-order valence-electron chi connectivity index (χ3n) is 10.9. The van der Waals surface area contributed by atoms with Crippen molar-refractivity contribution < 1.29 is 28.1 Å². The fraction of sp³-hybridized carbons (Fsp3) is 0.419. The van der Waals surface area contributed by atoms with Gasteiger partial charge in [0.1, 0.15) is 51.4 Å². The maximum Gasteiger partial charge on any atom is 0.410 e. The van der Waals surface area contributed by atoms with Crippen LogP contribution in [0.1, 0.15) is 57.4 Å². The monoisotopic (exact) mass is 793 g/mol. The van der Waals surface area contributed by atoms with Crippen LogP contribution in [-0.4, -0.2) is 87.8 Å². The van der Waals surface area contributed by atoms with Crippen LogP contribution in [0.15, 0.2) is 65.8 Å². The van der Waals surface area contributed by atoms with Gasteiger partial charge in [-0.1, -0.05) is 36.0 Å². The minimum atomic E-state index is -0.632. The van der Waals surface area contributed by atoms with Gasteiger partial charge in [0.25, 0.3) is 0 Å². The molecule has 0 saturated carbocycles. The number of amides is 1. The zero-order valence-electron chi connectivity index (χ0n) is 33.6. The van der Waals surface area contributed by atoms with Crippen molar-refractivity contribution in [1.82, 2.24) is 24.8 Å². The normalized spacial score (nSPS) is 19.8. The minimum Gasteiger partial charge on any atom is -0.497 e. The molecule has 3 aromatic heterocycles. The van der Waals surface area contributed by atoms with Crippen LogP contribution in [0.2, 0.25) is 0 Å². The van der Waals surface area contributed by atoms with Crippen molar-refractivity contribution >= 4 is 40.4 Å². The van der Waals surface area contributed by atoms with Crippen LogP contribution in [0.5, 0.6) is 17.4 Å². The number of aryl methyl sites for hydroxylation is 1. The molecule has 0 N–H and O–H groups in total. The van der Waals surface area contributed by atoms with E-state index in [1.54, 1.807) is 14.2 Å². The summed E-state index contributed by atoms with van der Waals surface area (Å²) in [5, 5.41) is 0.867. The molecule has 0 unspecified atom stereocenters. The Morgan fingerprint density at radius 2 is 1.60 bits per heavy atom. The van der Waals surface area contributed by atoms with Gasteiger partial charge in [-0.05, 0) is 101 Å². The summed E-state index contributed by atoms with van der Waals surface area (Å²) in [5.74, 6) is 2.46. The number of nitrogens with zero attached hydrogens (tertiary/aromatic N) is 7. The van der Waals surface area contributed by atoms with Gasteiger partial charge in [-0.2, -0.15) is 0 Å². The Labute approximate surface area is 336 Å². The standard InChI is InChI=1S/C43H48FN7O5S/c1-24-19-28(20-33(45-24)49(21-26-9-14-30(53-6)15-10-26)22-27-11-16-31(54-7)17-12-27)36-35(44)37-34-39(48-41(47-37)57-8)50-23-29-13-18-32(38(50)25(2)55-40(34)46-36)51(29)42(52)56-43(3,4)5/h9-12,14-17,19-20,25,29,32,38H,13,18,21-23H2,1-8H3/t25-,29+,32-,38+/m0/s1. The Balaban J connectivity index is 1.21. The highest BCUT2D eigenvalue weighted by atomic mass is 32.2. The molecule has 3 aliphatic rings. The van der Waals surface area contributed by atoms with Crippen LogP contribution in [-0.2, 0) is 17.8 Å². The fourth-order valence-electron chi connectivity index (χ4n) is 8.37. The topological polar surface area (TPSA) is 115 Å². The summed E-state index contributed by atoms with van der Waals surface area (Å²) >= 11 is 1.35. The van der Waals surface area contributed by atoms with Gasteiger partial charge >= 0.3 is 6.09 Å². The molecular weight excluding hydrogens is 746 g/mol. The van der Waals surface area contributed by atoms with E-state index in [0.717, 1.165) is 35.5 Å². The largest absolute Gasteiger partial charge is 0.497 e. The van der Waals surface area contributed by atoms with Gasteiger partial charge in [-0.25, -0.2) is 29.1 Å². The molecule has 2 fully saturated rings. The summed E-state index contributed by atoms with van der Waals surface area (Å²) in [6.45, 7) is 11.1. The number of carbonyl (C=O) groups is 1. The van der Waals surface area contributed by atoms with Crippen molar-refractivity contribution in [2.24, 2.45) is 0 Å². The van der Waals surface area contributed by atoms with Gasteiger partial charge < -0.3 is 28.7 Å². The highest BCUT2D eigenvalue weighted by Gasteiger charge is 2.53. The molecule has 8 rings (SSSR count). The van der Waals surface area contributed by atoms with E-state index in [1.807, 2.05) is 106 Å². The Bertz CT molecular complexity index is 2260. The molecular formula is C43H48FN7O5S. The molecule has 6 heterocycles. The molecule has 298 valence electrons. The van der Waals surface area contributed by atoms with Crippen LogP contribution in [0.4, 0.5) is 20.8 Å². The molecule has 12 nitrogen and oxygen atoms in total. The molecule has 2 aromatic carbocycles. The molecule has 57 heavy (non-hydrogen) atoms. The number of thioether (sulfide) groups is 1. The minimum absolute atomic E-state index is 0.0911. The predicted octanol–water partition coefficient (Wildman–Crippen LogP) is 8.22. The number of ether oxygens (including phenoxy) is 4. The van der Waals surface area contributed by atoms with Gasteiger partial charge in [0, 0.05) is 30.9 Å². The van der Waals surface area contributed by atoms with Gasteiger partial charge in [0.05, 0.1) is 32.3 Å². The second-order valence-corrected chi connectivity index (χ2v) is 16.7. The number of rotatable bonds is 9. The number of fused-ring (bicyclic) bond motifs is 5. The Morgan fingerprint density at radius 3 is 2.19 bits per heavy atom. The van der Waals surface area contributed by atoms with E-state index in [9.17, 15) is 4.79 Å². The zero-order valence-corrected chi connectivity index (χ0v) is 34.4. The van der Waals surface area contributed by atoms with E-state index in [4.69, 9.17) is 38.9 Å². The number of halogens is 1. The van der Waals surface area contributed by atoms with Crippen molar-refractivity contribution in [3.8, 4) is 28.6 Å². The first-order chi connectivity index (χ1) is 27.3. The maximum absolute atomic E-state index is 17.3. The van der Waals surface area contributed by atoms with Crippen molar-refractivity contribution in [2.45, 2.75) is 95.5 Å². The quantitative estimate of drug-likeness (QED) is 0.106. The van der Waals surface area contributed by atoms with Crippen LogP contribution in [0.3, 0.4) is 0 Å². The van der Waals surface area contributed by atoms with Crippen molar-refractivity contribution in [3.63, 3.8) is 0 Å². The van der Waals surface area contributed by atoms with Crippen LogP contribution < -0.4 is 24.0 Å². The maximum atomic E-state index is 17.3. The number of methoxy groups -OCH3 is 2. The third kappa shape index (κ3) is 7.47. The van der Waals surface area contributed by atoms with Gasteiger partial charge in [0.15, 0.2) is 11.0 Å². The summed E-state index contributed by atoms with van der Waals surface area (Å²) in [7, 11) is 3.29. The second-order valence-electron chi connectivity index (χ2n) is 15.9. The zero-order chi connectivity index (χ0) is 40.2. The molecule has 4 atom stereocenters. The number of aromatic nitrogens is 4. The van der Waals surface area contributed by atoms with Crippen molar-refractivity contribution in [3.05, 3.63) is 83.3 Å². The van der Waals surface area contributed by atoms with E-state index in [2.05, 4.69) is 9.80 Å². The van der Waals surface area contributed by atoms with Gasteiger partial charge in [-0.3, -0.25) is 4.90 Å². The van der Waals surface area contributed by atoms with Crippen LogP contribution in [0, 0.1) is 12.7 Å². The predicted molar refractivity (Wildman–Crippen MR) is 219 cm³/mol. The lowest BCUT2D eigenvalue weighted by atomic mass is 9.98. The number of carbonyl (C=O) groups excluding carboxylic acids is 1. The number of piperazine rings is 1. The SMILES string of the molecule is COc1ccc(CN(Cc2ccc(OC)cc2)c2cc(-c3nc4c5c(nc(SC)nc5c3F)N3C[C@H]5CC[C@@H]([C@H]3[C@H](C)O4)N5C(=O)OC(C)(C)C)cc(C)n2)cc1. The molecule has 2 bridgehead atoms. The summed E-state index contributed by atoms with van der Waals surface area (Å²) < 4.78 is 40.7. The average Bonchev–Trinajstić information content (AvgIpc) is 3.44. The Hall–Kier alpha value is -5.37. The van der Waals surface area contributed by atoms with E-state index < -0.39 is 17.5 Å². The number of benzene rings is 2. The molecule has 1 amide bonds. The van der Waals surface area contributed by atoms with E-state index >= 15 is 4.39 Å². The van der Waals surface area contributed by atoms with Crippen LogP contribution in [0.25, 0.3) is 22.2 Å². The molecule has 5 aromatic rings. The number of pyridine rings is 2. The van der Waals surface area contributed by atoms with E-state index in [1.165, 1.54) is 11.8 Å². The molecule has 0 radical (unpaired) electrons. The molecule has 14 heteroatoms. The third-order valence-corrected chi connectivity index (χ3v) is 11.4. The highest BCUT2D eigenvalue weighted by Crippen LogP contribution is 2.46. The fourth-order valence-corrected chi connectivity index (χ4v) is 8.73. The highest BCUT2D eigenvalue weighted by molar-refractivity contribution is 7.98. The van der Waals surface area contributed by atoms with Crippen LogP contribution >= 0.6 is 11.8 Å². The number of hydrogen-bond acceptors (Lipinski definition) is 12. The summed E-state index contributed by atoms with van der Waals surface area (Å²) in [6, 6.07) is 19.0. The number of anilines is 2. The Morgan fingerprint density at radius 1 is 0.947 bits per heavy atom. The number of hydrogen-bond donors (Lipinski definition) is 0. The first kappa shape index (κ1) is 38.5. The second kappa shape index (κ2) is 15.2. The lowest BCUT2D eigenvalue weighted by Crippen LogP contribution is -2.65.